The largest absolute Gasteiger partial charge is 0.491 e. The molecule has 3 aliphatic rings. The van der Waals surface area contributed by atoms with Crippen LogP contribution in [0, 0.1) is 6.92 Å². The maximum atomic E-state index is 13.0. The maximum Gasteiger partial charge on any atom is 0.293 e. The second-order valence-electron chi connectivity index (χ2n) is 16.4. The summed E-state index contributed by atoms with van der Waals surface area (Å²) in [4.78, 5) is 86.8. The highest BCUT2D eigenvalue weighted by molar-refractivity contribution is 6.23. The summed E-state index contributed by atoms with van der Waals surface area (Å²) < 4.78 is 31.5. The number of rotatable bonds is 21. The van der Waals surface area contributed by atoms with E-state index >= 15 is 0 Å². The van der Waals surface area contributed by atoms with Gasteiger partial charge in [-0.2, -0.15) is 4.98 Å². The molecule has 5 amide bonds. The highest BCUT2D eigenvalue weighted by Crippen LogP contribution is 2.32. The van der Waals surface area contributed by atoms with Gasteiger partial charge >= 0.3 is 0 Å². The van der Waals surface area contributed by atoms with Crippen LogP contribution in [0.25, 0.3) is 10.9 Å². The van der Waals surface area contributed by atoms with Crippen molar-refractivity contribution in [3.63, 3.8) is 0 Å². The van der Waals surface area contributed by atoms with E-state index in [0.29, 0.717) is 57.1 Å². The fourth-order valence-corrected chi connectivity index (χ4v) is 8.14. The van der Waals surface area contributed by atoms with Crippen molar-refractivity contribution in [1.29, 1.82) is 0 Å². The fraction of sp³-hybridized carbons (Fsp3) is 0.435. The van der Waals surface area contributed by atoms with Gasteiger partial charge in [0, 0.05) is 68.6 Å². The van der Waals surface area contributed by atoms with Crippen LogP contribution in [0.3, 0.4) is 0 Å². The zero-order chi connectivity index (χ0) is 47.7. The molecule has 0 bridgehead atoms. The van der Waals surface area contributed by atoms with E-state index in [1.54, 1.807) is 30.1 Å². The van der Waals surface area contributed by atoms with Gasteiger partial charge in [0.1, 0.15) is 24.2 Å². The molecular weight excluding hydrogens is 883 g/mol. The predicted molar refractivity (Wildman–Crippen MR) is 244 cm³/mol. The summed E-state index contributed by atoms with van der Waals surface area (Å²) in [6.07, 6.45) is 5.66. The summed E-state index contributed by atoms with van der Waals surface area (Å²) in [5, 5.41) is 17.6. The molecule has 0 aliphatic carbocycles. The first-order chi connectivity index (χ1) is 33.0. The van der Waals surface area contributed by atoms with Gasteiger partial charge in [-0.25, -0.2) is 9.67 Å². The minimum atomic E-state index is -1.03. The van der Waals surface area contributed by atoms with Crippen LogP contribution in [0.15, 0.2) is 59.7 Å². The van der Waals surface area contributed by atoms with Gasteiger partial charge in [0.05, 0.1) is 68.5 Å². The standard InChI is InChI=1S/C46H53N11O11/c1-28-25-48-46(51-41(28)49-31-4-7-36-30(22-31)23-38(45(63)54(36)3)68-27-40(59)47-2)55-12-10-29(11-13-55)35-26-56(53-52-35)14-15-64-16-17-65-18-19-66-20-21-67-32-5-6-33-34(24-32)44(62)57(43(33)61)37-8-9-39(58)50-42(37)60/h4-7,22-26,29,37H,8-21,27H2,1-3H3,(H,47,59)(H,48,49,51)(H,50,58,60). The summed E-state index contributed by atoms with van der Waals surface area (Å²) >= 11 is 0. The highest BCUT2D eigenvalue weighted by Gasteiger charge is 2.44. The molecule has 2 saturated heterocycles. The van der Waals surface area contributed by atoms with Crippen molar-refractivity contribution < 1.29 is 47.7 Å². The average molecular weight is 936 g/mol. The van der Waals surface area contributed by atoms with Crippen molar-refractivity contribution in [3.05, 3.63) is 87.6 Å². The Balaban J connectivity index is 0.695. The number of nitrogens with one attached hydrogen (secondary N) is 3. The molecule has 6 heterocycles. The third-order valence-electron chi connectivity index (χ3n) is 11.9. The normalized spacial score (nSPS) is 16.3. The number of imide groups is 2. The monoisotopic (exact) mass is 935 g/mol. The van der Waals surface area contributed by atoms with Gasteiger partial charge < -0.3 is 43.8 Å². The van der Waals surface area contributed by atoms with Crippen LogP contribution in [0.4, 0.5) is 17.5 Å². The molecule has 2 aromatic carbocycles. The van der Waals surface area contributed by atoms with Crippen molar-refractivity contribution in [2.45, 2.75) is 51.1 Å². The topological polar surface area (TPSA) is 253 Å². The molecule has 1 atom stereocenters. The molecule has 22 heteroatoms. The summed E-state index contributed by atoms with van der Waals surface area (Å²) in [6, 6.07) is 10.8. The first-order valence-electron chi connectivity index (χ1n) is 22.4. The van der Waals surface area contributed by atoms with E-state index in [4.69, 9.17) is 28.7 Å². The number of benzene rings is 2. The van der Waals surface area contributed by atoms with Crippen molar-refractivity contribution in [1.82, 2.24) is 45.1 Å². The van der Waals surface area contributed by atoms with Crippen LogP contribution in [0.1, 0.15) is 63.6 Å². The quantitative estimate of drug-likeness (QED) is 0.0703. The molecule has 3 aromatic heterocycles. The van der Waals surface area contributed by atoms with Gasteiger partial charge in [-0.1, -0.05) is 5.21 Å². The van der Waals surface area contributed by atoms with Crippen LogP contribution < -0.4 is 35.9 Å². The summed E-state index contributed by atoms with van der Waals surface area (Å²) in [7, 11) is 3.17. The smallest absolute Gasteiger partial charge is 0.293 e. The molecule has 3 N–H and O–H groups in total. The number of aromatic nitrogens is 6. The van der Waals surface area contributed by atoms with Gasteiger partial charge in [-0.05, 0) is 68.7 Å². The van der Waals surface area contributed by atoms with Gasteiger partial charge in [-0.3, -0.25) is 39.0 Å². The third kappa shape index (κ3) is 10.9. The Morgan fingerprint density at radius 1 is 0.853 bits per heavy atom. The molecule has 2 fully saturated rings. The van der Waals surface area contributed by atoms with E-state index in [1.807, 2.05) is 31.3 Å². The van der Waals surface area contributed by atoms with E-state index in [1.165, 1.54) is 23.7 Å². The molecule has 358 valence electrons. The number of aryl methyl sites for hydroxylation is 2. The average Bonchev–Trinajstić information content (AvgIpc) is 3.91. The Morgan fingerprint density at radius 3 is 2.34 bits per heavy atom. The first kappa shape index (κ1) is 47.2. The molecule has 3 aliphatic heterocycles. The third-order valence-corrected chi connectivity index (χ3v) is 11.9. The number of hydrogen-bond donors (Lipinski definition) is 3. The SMILES string of the molecule is CNC(=O)COc1cc2cc(Nc3nc(N4CCC(c5cn(CCOCCOCCOCCOc6ccc7c(c6)C(=O)N(C6CCC(=O)NC6=O)C7=O)nn5)CC4)ncc3C)ccc2n(C)c1=O. The number of hydrogen-bond acceptors (Lipinski definition) is 17. The lowest BCUT2D eigenvalue weighted by Gasteiger charge is -2.31. The van der Waals surface area contributed by atoms with Gasteiger partial charge in [0.2, 0.25) is 17.8 Å². The number of anilines is 3. The van der Waals surface area contributed by atoms with Crippen LogP contribution in [-0.4, -0.2) is 143 Å². The number of carbonyl (C=O) groups excluding carboxylic acids is 5. The molecule has 8 rings (SSSR count). The van der Waals surface area contributed by atoms with Crippen molar-refractivity contribution in [2.75, 3.05) is 83.2 Å². The van der Waals surface area contributed by atoms with Gasteiger partial charge in [0.15, 0.2) is 12.4 Å². The summed E-state index contributed by atoms with van der Waals surface area (Å²) in [6.45, 7) is 6.18. The molecule has 68 heavy (non-hydrogen) atoms. The predicted octanol–water partition coefficient (Wildman–Crippen LogP) is 2.01. The minimum Gasteiger partial charge on any atom is -0.491 e. The number of amides is 5. The Bertz CT molecular complexity index is 2750. The number of pyridine rings is 1. The van der Waals surface area contributed by atoms with Crippen LogP contribution in [-0.2, 0) is 42.2 Å². The van der Waals surface area contributed by atoms with Gasteiger partial charge in [0.25, 0.3) is 23.3 Å². The maximum absolute atomic E-state index is 13.0. The number of likely N-dealkylation sites (N-methyl/N-ethyl adjacent to an activating group) is 1. The van der Waals surface area contributed by atoms with Crippen LogP contribution >= 0.6 is 0 Å². The number of piperidine rings is 2. The van der Waals surface area contributed by atoms with Crippen molar-refractivity contribution in [2.24, 2.45) is 7.05 Å². The Hall–Kier alpha value is -7.30. The first-order valence-corrected chi connectivity index (χ1v) is 22.4. The lowest BCUT2D eigenvalue weighted by Crippen LogP contribution is -2.54. The number of carbonyl (C=O) groups is 5. The zero-order valence-corrected chi connectivity index (χ0v) is 38.0. The fourth-order valence-electron chi connectivity index (χ4n) is 8.14. The molecular formula is C46H53N11O11. The van der Waals surface area contributed by atoms with E-state index in [-0.39, 0.29) is 66.9 Å². The Labute approximate surface area is 390 Å². The molecule has 22 nitrogen and oxygen atoms in total. The Morgan fingerprint density at radius 2 is 1.59 bits per heavy atom. The van der Waals surface area contributed by atoms with Crippen molar-refractivity contribution in [3.8, 4) is 11.5 Å². The number of nitrogens with zero attached hydrogens (tertiary/aromatic N) is 8. The summed E-state index contributed by atoms with van der Waals surface area (Å²) in [5.41, 5.74) is 3.31. The Kier molecular flexibility index (Phi) is 15.0. The lowest BCUT2D eigenvalue weighted by molar-refractivity contribution is -0.136. The molecule has 5 aromatic rings. The highest BCUT2D eigenvalue weighted by atomic mass is 16.6. The van der Waals surface area contributed by atoms with E-state index in [2.05, 4.69) is 36.1 Å². The second kappa shape index (κ2) is 21.6. The minimum absolute atomic E-state index is 0.0524. The summed E-state index contributed by atoms with van der Waals surface area (Å²) in [5.74, 6) is -0.565. The van der Waals surface area contributed by atoms with Crippen LogP contribution in [0.2, 0.25) is 0 Å². The zero-order valence-electron chi connectivity index (χ0n) is 38.0. The lowest BCUT2D eigenvalue weighted by atomic mass is 9.94. The van der Waals surface area contributed by atoms with E-state index in [9.17, 15) is 28.8 Å². The molecule has 1 unspecified atom stereocenters. The van der Waals surface area contributed by atoms with Gasteiger partial charge in [-0.15, -0.1) is 5.10 Å². The number of fused-ring (bicyclic) bond motifs is 2. The molecule has 0 radical (unpaired) electrons. The van der Waals surface area contributed by atoms with E-state index < -0.39 is 29.7 Å². The molecule has 0 spiro atoms. The van der Waals surface area contributed by atoms with Crippen LogP contribution in [0.5, 0.6) is 11.5 Å². The van der Waals surface area contributed by atoms with Crippen molar-refractivity contribution >= 4 is 57.9 Å². The number of ether oxygens (including phenoxy) is 5. The van der Waals surface area contributed by atoms with E-state index in [0.717, 1.165) is 58.7 Å². The second-order valence-corrected chi connectivity index (χ2v) is 16.4. The molecule has 0 saturated carbocycles.